The summed E-state index contributed by atoms with van der Waals surface area (Å²) < 4.78 is 28.1. The van der Waals surface area contributed by atoms with Gasteiger partial charge in [-0.05, 0) is 46.8 Å². The molecule has 20 heavy (non-hydrogen) atoms. The van der Waals surface area contributed by atoms with E-state index in [0.29, 0.717) is 13.1 Å². The molecule has 0 aliphatic carbocycles. The number of nitrogens with zero attached hydrogens (tertiary/aromatic N) is 1. The Morgan fingerprint density at radius 3 is 2.45 bits per heavy atom. The van der Waals surface area contributed by atoms with Gasteiger partial charge in [0, 0.05) is 24.8 Å². The van der Waals surface area contributed by atoms with Crippen molar-refractivity contribution in [2.24, 2.45) is 5.73 Å². The molecular formula is C16H14F2N2. The molecule has 3 rings (SSSR count). The largest absolute Gasteiger partial charge is 0.343 e. The minimum Gasteiger partial charge on any atom is -0.343 e. The molecule has 2 aromatic carbocycles. The Balaban J connectivity index is 1.96. The van der Waals surface area contributed by atoms with E-state index in [4.69, 9.17) is 5.73 Å². The Morgan fingerprint density at radius 1 is 0.900 bits per heavy atom. The number of nitrogens with two attached hydrogens (primary N) is 1. The van der Waals surface area contributed by atoms with Crippen LogP contribution in [0.15, 0.2) is 48.7 Å². The SMILES string of the molecule is NCc1ccc2c(ccn2Cc2ccc(F)c(F)c2)c1. The highest BCUT2D eigenvalue weighted by molar-refractivity contribution is 5.81. The van der Waals surface area contributed by atoms with Crippen LogP contribution in [0, 0.1) is 11.6 Å². The predicted molar refractivity (Wildman–Crippen MR) is 75.3 cm³/mol. The minimum atomic E-state index is -0.821. The van der Waals surface area contributed by atoms with Gasteiger partial charge in [-0.25, -0.2) is 8.78 Å². The highest BCUT2D eigenvalue weighted by atomic mass is 19.2. The summed E-state index contributed by atoms with van der Waals surface area (Å²) in [5.74, 6) is -1.64. The van der Waals surface area contributed by atoms with Crippen molar-refractivity contribution >= 4 is 10.9 Å². The second-order valence-electron chi connectivity index (χ2n) is 4.79. The van der Waals surface area contributed by atoms with E-state index in [-0.39, 0.29) is 0 Å². The molecule has 0 atom stereocenters. The maximum atomic E-state index is 13.2. The summed E-state index contributed by atoms with van der Waals surface area (Å²) in [6.45, 7) is 1.01. The van der Waals surface area contributed by atoms with E-state index in [0.717, 1.165) is 28.1 Å². The van der Waals surface area contributed by atoms with Gasteiger partial charge in [0.25, 0.3) is 0 Å². The molecule has 0 amide bonds. The lowest BCUT2D eigenvalue weighted by Crippen LogP contribution is -2.00. The van der Waals surface area contributed by atoms with Crippen LogP contribution in [0.3, 0.4) is 0 Å². The zero-order valence-corrected chi connectivity index (χ0v) is 10.8. The zero-order valence-electron chi connectivity index (χ0n) is 10.8. The molecule has 0 unspecified atom stereocenters. The fraction of sp³-hybridized carbons (Fsp3) is 0.125. The molecule has 3 aromatic rings. The topological polar surface area (TPSA) is 30.9 Å². The summed E-state index contributed by atoms with van der Waals surface area (Å²) in [5.41, 5.74) is 8.46. The molecule has 2 nitrogen and oxygen atoms in total. The van der Waals surface area contributed by atoms with Crippen molar-refractivity contribution in [2.45, 2.75) is 13.1 Å². The van der Waals surface area contributed by atoms with Crippen LogP contribution >= 0.6 is 0 Å². The van der Waals surface area contributed by atoms with E-state index in [2.05, 4.69) is 0 Å². The van der Waals surface area contributed by atoms with Gasteiger partial charge in [0.1, 0.15) is 0 Å². The number of hydrogen-bond acceptors (Lipinski definition) is 1. The van der Waals surface area contributed by atoms with Gasteiger partial charge in [0.15, 0.2) is 11.6 Å². The van der Waals surface area contributed by atoms with E-state index in [1.807, 2.05) is 35.0 Å². The lowest BCUT2D eigenvalue weighted by molar-refractivity contribution is 0.506. The Hall–Kier alpha value is -2.20. The van der Waals surface area contributed by atoms with Gasteiger partial charge in [-0.1, -0.05) is 12.1 Å². The van der Waals surface area contributed by atoms with Crippen molar-refractivity contribution in [3.63, 3.8) is 0 Å². The fourth-order valence-corrected chi connectivity index (χ4v) is 2.35. The van der Waals surface area contributed by atoms with Crippen LogP contribution < -0.4 is 5.73 Å². The highest BCUT2D eigenvalue weighted by Gasteiger charge is 2.06. The number of rotatable bonds is 3. The molecule has 0 saturated heterocycles. The van der Waals surface area contributed by atoms with Gasteiger partial charge < -0.3 is 10.3 Å². The summed E-state index contributed by atoms with van der Waals surface area (Å²) in [7, 11) is 0. The number of halogens is 2. The molecule has 0 aliphatic heterocycles. The second-order valence-corrected chi connectivity index (χ2v) is 4.79. The van der Waals surface area contributed by atoms with Crippen LogP contribution in [0.4, 0.5) is 8.78 Å². The molecule has 2 N–H and O–H groups in total. The first kappa shape index (κ1) is 12.8. The van der Waals surface area contributed by atoms with Crippen molar-refractivity contribution < 1.29 is 8.78 Å². The lowest BCUT2D eigenvalue weighted by Gasteiger charge is -2.07. The van der Waals surface area contributed by atoms with Crippen LogP contribution in [0.2, 0.25) is 0 Å². The van der Waals surface area contributed by atoms with Gasteiger partial charge in [0.2, 0.25) is 0 Å². The van der Waals surface area contributed by atoms with Crippen LogP contribution in [-0.2, 0) is 13.1 Å². The van der Waals surface area contributed by atoms with Crippen LogP contribution in [0.25, 0.3) is 10.9 Å². The van der Waals surface area contributed by atoms with Crippen molar-refractivity contribution in [3.05, 3.63) is 71.4 Å². The molecule has 0 aliphatic rings. The Morgan fingerprint density at radius 2 is 1.70 bits per heavy atom. The third-order valence-corrected chi connectivity index (χ3v) is 3.41. The van der Waals surface area contributed by atoms with Gasteiger partial charge >= 0.3 is 0 Å². The Kier molecular flexibility index (Phi) is 3.24. The molecular weight excluding hydrogens is 258 g/mol. The third-order valence-electron chi connectivity index (χ3n) is 3.41. The molecule has 4 heteroatoms. The highest BCUT2D eigenvalue weighted by Crippen LogP contribution is 2.19. The molecule has 0 spiro atoms. The first-order chi connectivity index (χ1) is 9.67. The van der Waals surface area contributed by atoms with E-state index in [1.165, 1.54) is 6.07 Å². The molecule has 0 fully saturated rings. The van der Waals surface area contributed by atoms with E-state index in [1.54, 1.807) is 6.07 Å². The smallest absolute Gasteiger partial charge is 0.159 e. The fourth-order valence-electron chi connectivity index (χ4n) is 2.35. The number of benzene rings is 2. The molecule has 0 bridgehead atoms. The Bertz CT molecular complexity index is 762. The van der Waals surface area contributed by atoms with E-state index in [9.17, 15) is 8.78 Å². The van der Waals surface area contributed by atoms with Gasteiger partial charge in [-0.15, -0.1) is 0 Å². The summed E-state index contributed by atoms with van der Waals surface area (Å²) in [5, 5.41) is 1.09. The van der Waals surface area contributed by atoms with Crippen molar-refractivity contribution in [1.82, 2.24) is 4.57 Å². The quantitative estimate of drug-likeness (QED) is 0.778. The van der Waals surface area contributed by atoms with Gasteiger partial charge in [0.05, 0.1) is 0 Å². The first-order valence-electron chi connectivity index (χ1n) is 6.39. The minimum absolute atomic E-state index is 0.503. The van der Waals surface area contributed by atoms with Crippen LogP contribution in [0.1, 0.15) is 11.1 Å². The standard InChI is InChI=1S/C16H14F2N2/c17-14-3-1-12(8-15(14)18)10-20-6-5-13-7-11(9-19)2-4-16(13)20/h1-8H,9-10,19H2. The lowest BCUT2D eigenvalue weighted by atomic mass is 10.1. The van der Waals surface area contributed by atoms with E-state index < -0.39 is 11.6 Å². The number of aromatic nitrogens is 1. The molecule has 1 aromatic heterocycles. The van der Waals surface area contributed by atoms with Gasteiger partial charge in [-0.2, -0.15) is 0 Å². The Labute approximate surface area is 115 Å². The zero-order chi connectivity index (χ0) is 14.1. The average molecular weight is 272 g/mol. The summed E-state index contributed by atoms with van der Waals surface area (Å²) in [4.78, 5) is 0. The van der Waals surface area contributed by atoms with Crippen LogP contribution in [0.5, 0.6) is 0 Å². The molecule has 102 valence electrons. The third kappa shape index (κ3) is 2.30. The molecule has 0 radical (unpaired) electrons. The van der Waals surface area contributed by atoms with Crippen molar-refractivity contribution in [2.75, 3.05) is 0 Å². The van der Waals surface area contributed by atoms with Crippen molar-refractivity contribution in [3.8, 4) is 0 Å². The summed E-state index contributed by atoms with van der Waals surface area (Å²) in [6.07, 6.45) is 1.94. The summed E-state index contributed by atoms with van der Waals surface area (Å²) >= 11 is 0. The number of hydrogen-bond donors (Lipinski definition) is 1. The average Bonchev–Trinajstić information content (AvgIpc) is 2.85. The normalized spacial score (nSPS) is 11.2. The maximum Gasteiger partial charge on any atom is 0.159 e. The van der Waals surface area contributed by atoms with Crippen LogP contribution in [-0.4, -0.2) is 4.57 Å². The van der Waals surface area contributed by atoms with Crippen molar-refractivity contribution in [1.29, 1.82) is 0 Å². The number of fused-ring (bicyclic) bond motifs is 1. The molecule has 0 saturated carbocycles. The summed E-state index contributed by atoms with van der Waals surface area (Å²) in [6, 6.07) is 12.0. The monoisotopic (exact) mass is 272 g/mol. The van der Waals surface area contributed by atoms with Gasteiger partial charge in [-0.3, -0.25) is 0 Å². The maximum absolute atomic E-state index is 13.2. The first-order valence-corrected chi connectivity index (χ1v) is 6.39. The van der Waals surface area contributed by atoms with E-state index >= 15 is 0 Å². The molecule has 1 heterocycles. The predicted octanol–water partition coefficient (Wildman–Crippen LogP) is 3.43. The second kappa shape index (κ2) is 5.06.